The van der Waals surface area contributed by atoms with Crippen LogP contribution in [0.1, 0.15) is 11.1 Å². The van der Waals surface area contributed by atoms with E-state index in [0.717, 1.165) is 10.5 Å². The van der Waals surface area contributed by atoms with E-state index in [-0.39, 0.29) is 23.0 Å². The number of carbonyl (C=O) groups is 2. The van der Waals surface area contributed by atoms with Crippen molar-refractivity contribution in [3.8, 4) is 5.75 Å². The fourth-order valence-corrected chi connectivity index (χ4v) is 4.04. The molecule has 1 saturated heterocycles. The Kier molecular flexibility index (Phi) is 6.99. The minimum Gasteiger partial charge on any atom is -0.488 e. The van der Waals surface area contributed by atoms with Gasteiger partial charge in [-0.25, -0.2) is 4.39 Å². The molecule has 35 heavy (non-hydrogen) atoms. The molecule has 2 amide bonds. The van der Waals surface area contributed by atoms with Crippen LogP contribution in [-0.4, -0.2) is 21.9 Å². The molecule has 3 aromatic carbocycles. The van der Waals surface area contributed by atoms with E-state index in [4.69, 9.17) is 17.0 Å². The fourth-order valence-electron chi connectivity index (χ4n) is 3.25. The Labute approximate surface area is 212 Å². The van der Waals surface area contributed by atoms with Gasteiger partial charge >= 0.3 is 0 Å². The number of nitro groups is 1. The van der Waals surface area contributed by atoms with Crippen LogP contribution in [0.5, 0.6) is 5.75 Å². The van der Waals surface area contributed by atoms with Crippen molar-refractivity contribution in [3.05, 3.63) is 104 Å². The summed E-state index contributed by atoms with van der Waals surface area (Å²) in [6, 6.07) is 16.2. The number of non-ortho nitro benzene ring substituents is 1. The zero-order valence-electron chi connectivity index (χ0n) is 17.7. The average molecular weight is 556 g/mol. The first-order valence-corrected chi connectivity index (χ1v) is 11.3. The molecule has 176 valence electrons. The lowest BCUT2D eigenvalue weighted by atomic mass is 10.1. The molecule has 1 heterocycles. The Bertz CT molecular complexity index is 1380. The van der Waals surface area contributed by atoms with Gasteiger partial charge in [0.25, 0.3) is 17.5 Å². The van der Waals surface area contributed by atoms with Crippen LogP contribution < -0.4 is 15.0 Å². The SMILES string of the molecule is O=C1NC(=S)N(c2ccc(F)cc2)C(=O)/C1=C\c1ccc(OCc2ccc([N+](=O)[O-])cc2)c(Br)c1. The molecule has 0 atom stereocenters. The average Bonchev–Trinajstić information content (AvgIpc) is 2.82. The molecule has 0 radical (unpaired) electrons. The van der Waals surface area contributed by atoms with Crippen molar-refractivity contribution in [2.24, 2.45) is 0 Å². The monoisotopic (exact) mass is 555 g/mol. The number of ether oxygens (including phenoxy) is 1. The van der Waals surface area contributed by atoms with Crippen molar-refractivity contribution in [2.75, 3.05) is 4.90 Å². The quantitative estimate of drug-likeness (QED) is 0.152. The number of anilines is 1. The number of amides is 2. The van der Waals surface area contributed by atoms with E-state index in [1.165, 1.54) is 42.5 Å². The Morgan fingerprint density at radius 3 is 2.40 bits per heavy atom. The number of carbonyl (C=O) groups excluding carboxylic acids is 2. The summed E-state index contributed by atoms with van der Waals surface area (Å²) in [6.45, 7) is 0.183. The second-order valence-electron chi connectivity index (χ2n) is 7.34. The summed E-state index contributed by atoms with van der Waals surface area (Å²) < 4.78 is 19.6. The van der Waals surface area contributed by atoms with Crippen molar-refractivity contribution >= 4 is 62.5 Å². The number of benzene rings is 3. The standard InChI is InChI=1S/C24H15BrFN3O5S/c25-20-12-15(3-10-21(20)34-13-14-1-6-18(7-2-14)29(32)33)11-19-22(30)27-24(35)28(23(19)31)17-8-4-16(26)5-9-17/h1-12H,13H2,(H,27,30,35)/b19-11-. The van der Waals surface area contributed by atoms with Crippen LogP contribution in [0.25, 0.3) is 6.08 Å². The number of hydrogen-bond acceptors (Lipinski definition) is 6. The van der Waals surface area contributed by atoms with E-state index in [9.17, 15) is 24.1 Å². The van der Waals surface area contributed by atoms with Crippen molar-refractivity contribution in [1.82, 2.24) is 5.32 Å². The van der Waals surface area contributed by atoms with Gasteiger partial charge in [-0.1, -0.05) is 6.07 Å². The molecule has 0 spiro atoms. The number of halogens is 2. The van der Waals surface area contributed by atoms with Crippen molar-refractivity contribution in [2.45, 2.75) is 6.61 Å². The van der Waals surface area contributed by atoms with Crippen LogP contribution in [0.2, 0.25) is 0 Å². The van der Waals surface area contributed by atoms with E-state index in [1.54, 1.807) is 30.3 Å². The van der Waals surface area contributed by atoms with Gasteiger partial charge in [0.05, 0.1) is 15.1 Å². The molecule has 1 aliphatic heterocycles. The first kappa shape index (κ1) is 24.2. The highest BCUT2D eigenvalue weighted by Crippen LogP contribution is 2.29. The highest BCUT2D eigenvalue weighted by Gasteiger charge is 2.34. The van der Waals surface area contributed by atoms with Gasteiger partial charge in [0.15, 0.2) is 5.11 Å². The zero-order valence-corrected chi connectivity index (χ0v) is 20.1. The molecule has 1 fully saturated rings. The predicted octanol–water partition coefficient (Wildman–Crippen LogP) is 4.91. The van der Waals surface area contributed by atoms with Gasteiger partial charge in [-0.15, -0.1) is 0 Å². The minimum absolute atomic E-state index is 0.00706. The maximum absolute atomic E-state index is 13.3. The number of nitrogens with one attached hydrogen (secondary N) is 1. The number of thiocarbonyl (C=S) groups is 1. The third-order valence-corrected chi connectivity index (χ3v) is 5.90. The number of hydrogen-bond donors (Lipinski definition) is 1. The molecule has 4 rings (SSSR count). The lowest BCUT2D eigenvalue weighted by Gasteiger charge is -2.28. The van der Waals surface area contributed by atoms with E-state index in [2.05, 4.69) is 21.2 Å². The third kappa shape index (κ3) is 5.42. The number of rotatable bonds is 6. The minimum atomic E-state index is -0.645. The van der Waals surface area contributed by atoms with Gasteiger partial charge in [-0.05, 0) is 93.9 Å². The van der Waals surface area contributed by atoms with Crippen LogP contribution in [0.3, 0.4) is 0 Å². The summed E-state index contributed by atoms with van der Waals surface area (Å²) in [6.07, 6.45) is 1.42. The normalized spacial score (nSPS) is 14.7. The summed E-state index contributed by atoms with van der Waals surface area (Å²) in [5.74, 6) is -1.25. The van der Waals surface area contributed by atoms with Crippen LogP contribution in [0.4, 0.5) is 15.8 Å². The Balaban J connectivity index is 1.52. The molecule has 0 aromatic heterocycles. The van der Waals surface area contributed by atoms with Crippen LogP contribution in [0.15, 0.2) is 76.8 Å². The highest BCUT2D eigenvalue weighted by molar-refractivity contribution is 9.10. The van der Waals surface area contributed by atoms with Gasteiger partial charge in [-0.3, -0.25) is 29.9 Å². The zero-order chi connectivity index (χ0) is 25.1. The van der Waals surface area contributed by atoms with Crippen molar-refractivity contribution in [1.29, 1.82) is 0 Å². The predicted molar refractivity (Wildman–Crippen MR) is 134 cm³/mol. The summed E-state index contributed by atoms with van der Waals surface area (Å²) in [5.41, 5.74) is 1.46. The summed E-state index contributed by atoms with van der Waals surface area (Å²) in [7, 11) is 0. The van der Waals surface area contributed by atoms with Crippen molar-refractivity contribution < 1.29 is 23.6 Å². The number of nitro benzene ring substituents is 1. The maximum atomic E-state index is 13.3. The molecule has 0 aliphatic carbocycles. The topological polar surface area (TPSA) is 102 Å². The number of nitrogens with zero attached hydrogens (tertiary/aromatic N) is 2. The fraction of sp³-hybridized carbons (Fsp3) is 0.0417. The van der Waals surface area contributed by atoms with E-state index in [0.29, 0.717) is 21.5 Å². The molecule has 8 nitrogen and oxygen atoms in total. The molecule has 0 saturated carbocycles. The molecular formula is C24H15BrFN3O5S. The molecule has 1 N–H and O–H groups in total. The lowest BCUT2D eigenvalue weighted by molar-refractivity contribution is -0.384. The second-order valence-corrected chi connectivity index (χ2v) is 8.58. The summed E-state index contributed by atoms with van der Waals surface area (Å²) in [4.78, 5) is 36.9. The molecule has 1 aliphatic rings. The second kappa shape index (κ2) is 10.1. The first-order valence-electron chi connectivity index (χ1n) is 10.1. The van der Waals surface area contributed by atoms with Crippen LogP contribution >= 0.6 is 28.1 Å². The third-order valence-electron chi connectivity index (χ3n) is 4.99. The Hall–Kier alpha value is -3.96. The van der Waals surface area contributed by atoms with Gasteiger partial charge in [0.1, 0.15) is 23.7 Å². The largest absolute Gasteiger partial charge is 0.488 e. The molecule has 0 unspecified atom stereocenters. The lowest BCUT2D eigenvalue weighted by Crippen LogP contribution is -2.54. The van der Waals surface area contributed by atoms with E-state index < -0.39 is 22.6 Å². The van der Waals surface area contributed by atoms with Crippen LogP contribution in [0, 0.1) is 15.9 Å². The molecular weight excluding hydrogens is 541 g/mol. The smallest absolute Gasteiger partial charge is 0.270 e. The highest BCUT2D eigenvalue weighted by atomic mass is 79.9. The Morgan fingerprint density at radius 1 is 1.09 bits per heavy atom. The Morgan fingerprint density at radius 2 is 1.77 bits per heavy atom. The van der Waals surface area contributed by atoms with E-state index >= 15 is 0 Å². The molecule has 3 aromatic rings. The van der Waals surface area contributed by atoms with Crippen LogP contribution in [-0.2, 0) is 16.2 Å². The van der Waals surface area contributed by atoms with Crippen molar-refractivity contribution in [3.63, 3.8) is 0 Å². The first-order chi connectivity index (χ1) is 16.7. The maximum Gasteiger partial charge on any atom is 0.270 e. The summed E-state index contributed by atoms with van der Waals surface area (Å²) in [5, 5.41) is 13.1. The molecule has 11 heteroatoms. The summed E-state index contributed by atoms with van der Waals surface area (Å²) >= 11 is 8.55. The van der Waals surface area contributed by atoms with Gasteiger partial charge < -0.3 is 4.74 Å². The van der Waals surface area contributed by atoms with E-state index in [1.807, 2.05) is 0 Å². The van der Waals surface area contributed by atoms with Gasteiger partial charge in [0.2, 0.25) is 0 Å². The van der Waals surface area contributed by atoms with Gasteiger partial charge in [-0.2, -0.15) is 0 Å². The van der Waals surface area contributed by atoms with Gasteiger partial charge in [0, 0.05) is 12.1 Å². The molecule has 0 bridgehead atoms.